The monoisotopic (exact) mass is 315 g/mol. The summed E-state index contributed by atoms with van der Waals surface area (Å²) in [6.07, 6.45) is 1.37. The van der Waals surface area contributed by atoms with Crippen LogP contribution in [0.1, 0.15) is 35.5 Å². The van der Waals surface area contributed by atoms with Crippen LogP contribution in [0.15, 0.2) is 34.9 Å². The summed E-state index contributed by atoms with van der Waals surface area (Å²) in [4.78, 5) is 24.0. The zero-order chi connectivity index (χ0) is 17.0. The van der Waals surface area contributed by atoms with Gasteiger partial charge in [-0.15, -0.1) is 0 Å². The Hall–Kier alpha value is -2.60. The van der Waals surface area contributed by atoms with Crippen molar-refractivity contribution in [1.29, 1.82) is 0 Å². The number of nitrogens with two attached hydrogens (primary N) is 1. The van der Waals surface area contributed by atoms with Gasteiger partial charge in [0.15, 0.2) is 0 Å². The Bertz CT molecular complexity index is 720. The average Bonchev–Trinajstić information content (AvgIpc) is 2.99. The molecule has 1 aromatic carbocycles. The molecule has 0 radical (unpaired) electrons. The van der Waals surface area contributed by atoms with Crippen molar-refractivity contribution in [3.05, 3.63) is 47.4 Å². The molecule has 6 heteroatoms. The SMILES string of the molecule is Cc1ccc(NC(=O)C(C)C)cc1NC(=O)c1coc(CN)c1. The Morgan fingerprint density at radius 2 is 1.96 bits per heavy atom. The highest BCUT2D eigenvalue weighted by Crippen LogP contribution is 2.22. The summed E-state index contributed by atoms with van der Waals surface area (Å²) in [6.45, 7) is 5.76. The van der Waals surface area contributed by atoms with Crippen LogP contribution in [-0.4, -0.2) is 11.8 Å². The lowest BCUT2D eigenvalue weighted by Gasteiger charge is -2.12. The minimum Gasteiger partial charge on any atom is -0.467 e. The van der Waals surface area contributed by atoms with E-state index in [9.17, 15) is 9.59 Å². The molecular formula is C17H21N3O3. The molecule has 2 aromatic rings. The third-order valence-corrected chi connectivity index (χ3v) is 3.39. The number of aryl methyl sites for hydroxylation is 1. The second-order valence-electron chi connectivity index (χ2n) is 5.63. The number of hydrogen-bond acceptors (Lipinski definition) is 4. The van der Waals surface area contributed by atoms with Crippen LogP contribution in [0, 0.1) is 12.8 Å². The van der Waals surface area contributed by atoms with E-state index in [0.717, 1.165) is 5.56 Å². The third kappa shape index (κ3) is 4.20. The summed E-state index contributed by atoms with van der Waals surface area (Å²) >= 11 is 0. The Kier molecular flexibility index (Phi) is 5.18. The van der Waals surface area contributed by atoms with Crippen LogP contribution in [0.25, 0.3) is 0 Å². The van der Waals surface area contributed by atoms with Crippen molar-refractivity contribution in [2.75, 3.05) is 10.6 Å². The number of hydrogen-bond donors (Lipinski definition) is 3. The average molecular weight is 315 g/mol. The number of carbonyl (C=O) groups is 2. The molecule has 0 aliphatic rings. The lowest BCUT2D eigenvalue weighted by Crippen LogP contribution is -2.18. The molecule has 4 N–H and O–H groups in total. The normalized spacial score (nSPS) is 10.7. The summed E-state index contributed by atoms with van der Waals surface area (Å²) in [6, 6.07) is 6.98. The molecule has 0 aliphatic carbocycles. The quantitative estimate of drug-likeness (QED) is 0.790. The van der Waals surface area contributed by atoms with Crippen LogP contribution in [0.3, 0.4) is 0 Å². The molecule has 1 aromatic heterocycles. The molecule has 0 bridgehead atoms. The third-order valence-electron chi connectivity index (χ3n) is 3.39. The zero-order valence-electron chi connectivity index (χ0n) is 13.5. The highest BCUT2D eigenvalue weighted by atomic mass is 16.3. The molecule has 6 nitrogen and oxygen atoms in total. The van der Waals surface area contributed by atoms with Crippen molar-refractivity contribution in [3.8, 4) is 0 Å². The van der Waals surface area contributed by atoms with Gasteiger partial charge in [0.05, 0.1) is 12.1 Å². The van der Waals surface area contributed by atoms with Crippen LogP contribution >= 0.6 is 0 Å². The van der Waals surface area contributed by atoms with Crippen molar-refractivity contribution >= 4 is 23.2 Å². The maximum Gasteiger partial charge on any atom is 0.258 e. The van der Waals surface area contributed by atoms with Gasteiger partial charge in [-0.3, -0.25) is 9.59 Å². The smallest absolute Gasteiger partial charge is 0.258 e. The van der Waals surface area contributed by atoms with Gasteiger partial charge in [0, 0.05) is 17.3 Å². The number of anilines is 2. The Balaban J connectivity index is 2.15. The first-order valence-corrected chi connectivity index (χ1v) is 7.41. The van der Waals surface area contributed by atoms with Crippen LogP contribution in [0.4, 0.5) is 11.4 Å². The summed E-state index contributed by atoms with van der Waals surface area (Å²) in [5.41, 5.74) is 8.03. The predicted molar refractivity (Wildman–Crippen MR) is 89.2 cm³/mol. The summed E-state index contributed by atoms with van der Waals surface area (Å²) in [5.74, 6) is 0.0669. The molecule has 1 heterocycles. The molecule has 0 fully saturated rings. The Labute approximate surface area is 135 Å². The van der Waals surface area contributed by atoms with Gasteiger partial charge in [-0.05, 0) is 30.7 Å². The molecule has 0 saturated carbocycles. The van der Waals surface area contributed by atoms with E-state index in [1.54, 1.807) is 18.2 Å². The van der Waals surface area contributed by atoms with Gasteiger partial charge in [0.25, 0.3) is 5.91 Å². The maximum absolute atomic E-state index is 12.2. The standard InChI is InChI=1S/C17H21N3O3/c1-10(2)16(21)19-13-5-4-11(3)15(7-13)20-17(22)12-6-14(8-18)23-9-12/h4-7,9-10H,8,18H2,1-3H3,(H,19,21)(H,20,22). The minimum absolute atomic E-state index is 0.0754. The summed E-state index contributed by atoms with van der Waals surface area (Å²) in [5, 5.41) is 5.63. The van der Waals surface area contributed by atoms with Gasteiger partial charge in [-0.2, -0.15) is 0 Å². The molecular weight excluding hydrogens is 294 g/mol. The fourth-order valence-corrected chi connectivity index (χ4v) is 1.92. The first-order chi connectivity index (χ1) is 10.9. The molecule has 0 atom stereocenters. The molecule has 0 unspecified atom stereocenters. The molecule has 0 aliphatic heterocycles. The van der Waals surface area contributed by atoms with Gasteiger partial charge >= 0.3 is 0 Å². The summed E-state index contributed by atoms with van der Waals surface area (Å²) in [7, 11) is 0. The van der Waals surface area contributed by atoms with E-state index >= 15 is 0 Å². The first-order valence-electron chi connectivity index (χ1n) is 7.41. The molecule has 2 rings (SSSR count). The fourth-order valence-electron chi connectivity index (χ4n) is 1.92. The van der Waals surface area contributed by atoms with Crippen molar-refractivity contribution < 1.29 is 14.0 Å². The fraction of sp³-hybridized carbons (Fsp3) is 0.294. The van der Waals surface area contributed by atoms with Gasteiger partial charge in [0.2, 0.25) is 5.91 Å². The van der Waals surface area contributed by atoms with Gasteiger partial charge in [0.1, 0.15) is 12.0 Å². The van der Waals surface area contributed by atoms with Crippen LogP contribution < -0.4 is 16.4 Å². The molecule has 122 valence electrons. The number of furan rings is 1. The number of benzene rings is 1. The molecule has 23 heavy (non-hydrogen) atoms. The lowest BCUT2D eigenvalue weighted by atomic mass is 10.1. The van der Waals surface area contributed by atoms with Crippen molar-refractivity contribution in [2.24, 2.45) is 11.7 Å². The highest BCUT2D eigenvalue weighted by Gasteiger charge is 2.13. The van der Waals surface area contributed by atoms with Crippen LogP contribution in [0.2, 0.25) is 0 Å². The van der Waals surface area contributed by atoms with Gasteiger partial charge in [-0.1, -0.05) is 19.9 Å². The predicted octanol–water partition coefficient (Wildman–Crippen LogP) is 2.89. The Morgan fingerprint density at radius 3 is 2.57 bits per heavy atom. The number of amides is 2. The number of carbonyl (C=O) groups excluding carboxylic acids is 2. The van der Waals surface area contributed by atoms with E-state index in [2.05, 4.69) is 10.6 Å². The van der Waals surface area contributed by atoms with Gasteiger partial charge < -0.3 is 20.8 Å². The van der Waals surface area contributed by atoms with E-state index in [4.69, 9.17) is 10.2 Å². The van der Waals surface area contributed by atoms with Crippen LogP contribution in [0.5, 0.6) is 0 Å². The van der Waals surface area contributed by atoms with E-state index in [1.165, 1.54) is 6.26 Å². The second-order valence-corrected chi connectivity index (χ2v) is 5.63. The summed E-state index contributed by atoms with van der Waals surface area (Å²) < 4.78 is 5.16. The lowest BCUT2D eigenvalue weighted by molar-refractivity contribution is -0.118. The zero-order valence-corrected chi connectivity index (χ0v) is 13.5. The second kappa shape index (κ2) is 7.11. The molecule has 0 spiro atoms. The Morgan fingerprint density at radius 1 is 1.22 bits per heavy atom. The van der Waals surface area contributed by atoms with E-state index in [0.29, 0.717) is 22.7 Å². The number of rotatable bonds is 5. The molecule has 2 amide bonds. The van der Waals surface area contributed by atoms with E-state index in [1.807, 2.05) is 26.8 Å². The minimum atomic E-state index is -0.288. The number of nitrogens with one attached hydrogen (secondary N) is 2. The van der Waals surface area contributed by atoms with E-state index in [-0.39, 0.29) is 24.3 Å². The topological polar surface area (TPSA) is 97.4 Å². The van der Waals surface area contributed by atoms with E-state index < -0.39 is 0 Å². The van der Waals surface area contributed by atoms with Crippen molar-refractivity contribution in [3.63, 3.8) is 0 Å². The van der Waals surface area contributed by atoms with Gasteiger partial charge in [-0.25, -0.2) is 0 Å². The maximum atomic E-state index is 12.2. The van der Waals surface area contributed by atoms with Crippen molar-refractivity contribution in [1.82, 2.24) is 0 Å². The highest BCUT2D eigenvalue weighted by molar-refractivity contribution is 6.05. The molecule has 0 saturated heterocycles. The first kappa shape index (κ1) is 16.8. The largest absolute Gasteiger partial charge is 0.467 e. The van der Waals surface area contributed by atoms with Crippen LogP contribution in [-0.2, 0) is 11.3 Å². The van der Waals surface area contributed by atoms with Crippen molar-refractivity contribution in [2.45, 2.75) is 27.3 Å².